The molecular formula is C24H29N5O. The van der Waals surface area contributed by atoms with Crippen molar-refractivity contribution in [1.82, 2.24) is 15.3 Å². The average Bonchev–Trinajstić information content (AvgIpc) is 3.22. The molecule has 0 saturated heterocycles. The molecule has 3 rings (SSSR count). The molecule has 0 amide bonds. The van der Waals surface area contributed by atoms with E-state index in [-0.39, 0.29) is 11.3 Å². The minimum atomic E-state index is 0.0496. The highest BCUT2D eigenvalue weighted by atomic mass is 16.5. The second kappa shape index (κ2) is 10.8. The highest BCUT2D eigenvalue weighted by Gasteiger charge is 2.29. The minimum Gasteiger partial charge on any atom is -0.375 e. The summed E-state index contributed by atoms with van der Waals surface area (Å²) in [4.78, 5) is 8.63. The van der Waals surface area contributed by atoms with Crippen LogP contribution in [0.25, 0.3) is 0 Å². The lowest BCUT2D eigenvalue weighted by Crippen LogP contribution is -2.26. The Morgan fingerprint density at radius 2 is 2.00 bits per heavy atom. The van der Waals surface area contributed by atoms with E-state index in [9.17, 15) is 0 Å². The average molecular weight is 404 g/mol. The maximum Gasteiger partial charge on any atom is 0.158 e. The van der Waals surface area contributed by atoms with Gasteiger partial charge in [-0.15, -0.1) is 0 Å². The number of rotatable bonds is 10. The first-order valence-electron chi connectivity index (χ1n) is 10.7. The topological polar surface area (TPSA) is 94.6 Å². The molecule has 2 heterocycles. The van der Waals surface area contributed by atoms with E-state index < -0.39 is 0 Å². The first-order valence-corrected chi connectivity index (χ1v) is 10.7. The Kier molecular flexibility index (Phi) is 7.90. The molecule has 0 bridgehead atoms. The van der Waals surface area contributed by atoms with Gasteiger partial charge in [0.15, 0.2) is 5.69 Å². The maximum absolute atomic E-state index is 9.14. The number of hydrogen-bond acceptors (Lipinski definition) is 6. The van der Waals surface area contributed by atoms with Crippen molar-refractivity contribution in [3.05, 3.63) is 59.2 Å². The number of nitrogens with zero attached hydrogens (tertiary/aromatic N) is 4. The molecule has 30 heavy (non-hydrogen) atoms. The summed E-state index contributed by atoms with van der Waals surface area (Å²) in [5.74, 6) is 0.331. The molecule has 2 aromatic heterocycles. The molecule has 1 aliphatic carbocycles. The van der Waals surface area contributed by atoms with Crippen molar-refractivity contribution in [1.29, 1.82) is 10.5 Å². The lowest BCUT2D eigenvalue weighted by atomic mass is 9.96. The van der Waals surface area contributed by atoms with Crippen molar-refractivity contribution in [2.75, 3.05) is 13.2 Å². The van der Waals surface area contributed by atoms with E-state index in [1.165, 1.54) is 12.8 Å². The summed E-state index contributed by atoms with van der Waals surface area (Å²) >= 11 is 0. The SMILES string of the molecule is CC1(OCC[C@@H](CCNCc2cnc(C#N)c(C#N)c2)c2ccccn2)CCCC1. The molecule has 1 N–H and O–H groups in total. The fourth-order valence-corrected chi connectivity index (χ4v) is 4.06. The van der Waals surface area contributed by atoms with Crippen LogP contribution in [0.4, 0.5) is 0 Å². The van der Waals surface area contributed by atoms with Gasteiger partial charge in [0, 0.05) is 37.2 Å². The van der Waals surface area contributed by atoms with Crippen molar-refractivity contribution in [2.24, 2.45) is 0 Å². The van der Waals surface area contributed by atoms with Crippen LogP contribution in [0.1, 0.15) is 73.9 Å². The monoisotopic (exact) mass is 403 g/mol. The molecular weight excluding hydrogens is 374 g/mol. The van der Waals surface area contributed by atoms with Crippen molar-refractivity contribution in [2.45, 2.75) is 63.5 Å². The molecule has 1 atom stereocenters. The molecule has 0 aliphatic heterocycles. The van der Waals surface area contributed by atoms with E-state index in [1.807, 2.05) is 30.5 Å². The standard InChI is InChI=1S/C24H29N5O/c1-24(9-3-4-10-24)30-13-8-20(22-6-2-5-11-28-22)7-12-27-17-19-14-21(15-25)23(16-26)29-18-19/h2,5-6,11,14,18,20,27H,3-4,7-10,12-13,17H2,1H3/t20-/m1/s1. The normalized spacial score (nSPS) is 16.0. The summed E-state index contributed by atoms with van der Waals surface area (Å²) in [6, 6.07) is 11.8. The Morgan fingerprint density at radius 1 is 1.17 bits per heavy atom. The van der Waals surface area contributed by atoms with Gasteiger partial charge in [-0.25, -0.2) is 4.98 Å². The fraction of sp³-hybridized carbons (Fsp3) is 0.500. The molecule has 0 radical (unpaired) electrons. The predicted octanol–water partition coefficient (Wildman–Crippen LogP) is 4.22. The van der Waals surface area contributed by atoms with Crippen LogP contribution in [0.15, 0.2) is 36.7 Å². The minimum absolute atomic E-state index is 0.0496. The summed E-state index contributed by atoms with van der Waals surface area (Å²) in [5, 5.41) is 21.6. The molecule has 0 aromatic carbocycles. The Morgan fingerprint density at radius 3 is 2.70 bits per heavy atom. The zero-order valence-electron chi connectivity index (χ0n) is 17.6. The largest absolute Gasteiger partial charge is 0.375 e. The first kappa shape index (κ1) is 21.9. The van der Waals surface area contributed by atoms with Gasteiger partial charge in [-0.3, -0.25) is 4.98 Å². The van der Waals surface area contributed by atoms with Gasteiger partial charge in [-0.1, -0.05) is 18.9 Å². The van der Waals surface area contributed by atoms with Crippen molar-refractivity contribution in [3.8, 4) is 12.1 Å². The summed E-state index contributed by atoms with van der Waals surface area (Å²) in [7, 11) is 0. The second-order valence-electron chi connectivity index (χ2n) is 8.17. The molecule has 1 saturated carbocycles. The number of pyridine rings is 2. The van der Waals surface area contributed by atoms with Crippen LogP contribution >= 0.6 is 0 Å². The molecule has 0 unspecified atom stereocenters. The van der Waals surface area contributed by atoms with E-state index >= 15 is 0 Å². The summed E-state index contributed by atoms with van der Waals surface area (Å²) in [5.41, 5.74) is 2.55. The molecule has 6 nitrogen and oxygen atoms in total. The number of nitriles is 2. The van der Waals surface area contributed by atoms with Gasteiger partial charge in [0.25, 0.3) is 0 Å². The number of ether oxygens (including phenoxy) is 1. The highest BCUT2D eigenvalue weighted by Crippen LogP contribution is 2.33. The van der Waals surface area contributed by atoms with E-state index in [1.54, 1.807) is 12.3 Å². The van der Waals surface area contributed by atoms with Crippen molar-refractivity contribution < 1.29 is 4.74 Å². The van der Waals surface area contributed by atoms with Gasteiger partial charge in [0.05, 0.1) is 11.2 Å². The zero-order chi connectivity index (χ0) is 21.2. The van der Waals surface area contributed by atoms with Crippen LogP contribution in [0.2, 0.25) is 0 Å². The molecule has 6 heteroatoms. The molecule has 2 aromatic rings. The lowest BCUT2D eigenvalue weighted by Gasteiger charge is -2.26. The van der Waals surface area contributed by atoms with Crippen molar-refractivity contribution >= 4 is 0 Å². The lowest BCUT2D eigenvalue weighted by molar-refractivity contribution is -0.0294. The number of aromatic nitrogens is 2. The summed E-state index contributed by atoms with van der Waals surface area (Å²) in [6.07, 6.45) is 10.2. The van der Waals surface area contributed by atoms with Gasteiger partial charge in [0.2, 0.25) is 0 Å². The first-order chi connectivity index (χ1) is 14.6. The van der Waals surface area contributed by atoms with Crippen LogP contribution in [0.3, 0.4) is 0 Å². The van der Waals surface area contributed by atoms with Gasteiger partial charge in [-0.05, 0) is 62.9 Å². The molecule has 1 aliphatic rings. The Bertz CT molecular complexity index is 894. The van der Waals surface area contributed by atoms with Gasteiger partial charge in [-0.2, -0.15) is 10.5 Å². The van der Waals surface area contributed by atoms with E-state index in [0.29, 0.717) is 18.0 Å². The second-order valence-corrected chi connectivity index (χ2v) is 8.17. The Balaban J connectivity index is 1.51. The quantitative estimate of drug-likeness (QED) is 0.597. The van der Waals surface area contributed by atoms with E-state index in [0.717, 1.165) is 50.1 Å². The number of hydrogen-bond donors (Lipinski definition) is 1. The third-order valence-corrected chi connectivity index (χ3v) is 5.85. The van der Waals surface area contributed by atoms with Crippen molar-refractivity contribution in [3.63, 3.8) is 0 Å². The van der Waals surface area contributed by atoms with E-state index in [2.05, 4.69) is 28.3 Å². The molecule has 1 fully saturated rings. The van der Waals surface area contributed by atoms with E-state index in [4.69, 9.17) is 15.3 Å². The summed E-state index contributed by atoms with van der Waals surface area (Å²) < 4.78 is 6.25. The highest BCUT2D eigenvalue weighted by molar-refractivity contribution is 5.42. The summed E-state index contributed by atoms with van der Waals surface area (Å²) in [6.45, 7) is 4.42. The Labute approximate surface area is 178 Å². The fourth-order valence-electron chi connectivity index (χ4n) is 4.06. The van der Waals surface area contributed by atoms with Gasteiger partial charge >= 0.3 is 0 Å². The van der Waals surface area contributed by atoms with Gasteiger partial charge in [0.1, 0.15) is 12.1 Å². The smallest absolute Gasteiger partial charge is 0.158 e. The molecule has 156 valence electrons. The van der Waals surface area contributed by atoms with Crippen LogP contribution in [-0.2, 0) is 11.3 Å². The van der Waals surface area contributed by atoms with Crippen LogP contribution < -0.4 is 5.32 Å². The van der Waals surface area contributed by atoms with Crippen LogP contribution in [-0.4, -0.2) is 28.7 Å². The van der Waals surface area contributed by atoms with Gasteiger partial charge < -0.3 is 10.1 Å². The molecule has 0 spiro atoms. The number of nitrogens with one attached hydrogen (secondary N) is 1. The van der Waals surface area contributed by atoms with Crippen LogP contribution in [0.5, 0.6) is 0 Å². The maximum atomic E-state index is 9.14. The predicted molar refractivity (Wildman–Crippen MR) is 114 cm³/mol. The Hall–Kier alpha value is -2.80. The third kappa shape index (κ3) is 6.10. The third-order valence-electron chi connectivity index (χ3n) is 5.85. The van der Waals surface area contributed by atoms with Crippen LogP contribution in [0, 0.1) is 22.7 Å². The zero-order valence-corrected chi connectivity index (χ0v) is 17.6.